The molecule has 1 aromatic heterocycles. The normalized spacial score (nSPS) is 15.4. The Morgan fingerprint density at radius 1 is 1.10 bits per heavy atom. The number of carbonyl (C=O) groups excluding carboxylic acids is 2. The van der Waals surface area contributed by atoms with Crippen LogP contribution in [0.4, 0.5) is 5.69 Å². The number of rotatable bonds is 6. The highest BCUT2D eigenvalue weighted by Crippen LogP contribution is 2.33. The van der Waals surface area contributed by atoms with Gasteiger partial charge in [0.05, 0.1) is 17.8 Å². The molecular formula is C22H20N4O3. The maximum Gasteiger partial charge on any atom is 0.255 e. The van der Waals surface area contributed by atoms with Crippen LogP contribution in [-0.4, -0.2) is 23.3 Å². The third kappa shape index (κ3) is 4.03. The highest BCUT2D eigenvalue weighted by Gasteiger charge is 2.32. The highest BCUT2D eigenvalue weighted by atomic mass is 16.5. The first-order valence-corrected chi connectivity index (χ1v) is 9.18. The Bertz CT molecular complexity index is 1020. The van der Waals surface area contributed by atoms with E-state index in [2.05, 4.69) is 10.3 Å². The average molecular weight is 388 g/mol. The predicted octanol–water partition coefficient (Wildman–Crippen LogP) is 2.39. The molecule has 7 nitrogen and oxygen atoms in total. The Hall–Kier alpha value is -3.87. The van der Waals surface area contributed by atoms with Gasteiger partial charge in [-0.1, -0.05) is 30.3 Å². The van der Waals surface area contributed by atoms with Gasteiger partial charge in [-0.15, -0.1) is 0 Å². The number of pyridine rings is 1. The fourth-order valence-electron chi connectivity index (χ4n) is 3.34. The molecule has 0 spiro atoms. The smallest absolute Gasteiger partial charge is 0.255 e. The van der Waals surface area contributed by atoms with E-state index in [1.807, 2.05) is 48.5 Å². The Morgan fingerprint density at radius 3 is 2.62 bits per heavy atom. The molecule has 29 heavy (non-hydrogen) atoms. The first-order chi connectivity index (χ1) is 14.1. The van der Waals surface area contributed by atoms with Crippen LogP contribution in [0.1, 0.15) is 27.7 Å². The van der Waals surface area contributed by atoms with Crippen LogP contribution in [0.15, 0.2) is 73.1 Å². The van der Waals surface area contributed by atoms with E-state index in [1.165, 1.54) is 0 Å². The number of para-hydroxylation sites is 1. The fraction of sp³-hybridized carbons (Fsp3) is 0.136. The SMILES string of the molecule is NC(=O)CN1c2ccccc2C(=O)N[C@H]1c1ccc(OCc2cccnc2)cc1. The number of nitrogens with zero attached hydrogens (tertiary/aromatic N) is 2. The molecular weight excluding hydrogens is 368 g/mol. The molecule has 2 heterocycles. The lowest BCUT2D eigenvalue weighted by Crippen LogP contribution is -2.49. The summed E-state index contributed by atoms with van der Waals surface area (Å²) in [5, 5.41) is 2.95. The topological polar surface area (TPSA) is 97.6 Å². The number of nitrogens with two attached hydrogens (primary N) is 1. The number of fused-ring (bicyclic) bond motifs is 1. The Morgan fingerprint density at radius 2 is 1.90 bits per heavy atom. The van der Waals surface area contributed by atoms with Crippen molar-refractivity contribution in [2.75, 3.05) is 11.4 Å². The minimum absolute atomic E-state index is 0.0127. The Kier molecular flexibility index (Phi) is 5.11. The molecule has 0 saturated carbocycles. The van der Waals surface area contributed by atoms with Crippen molar-refractivity contribution < 1.29 is 14.3 Å². The van der Waals surface area contributed by atoms with Crippen LogP contribution in [0.2, 0.25) is 0 Å². The molecule has 0 aliphatic carbocycles. The van der Waals surface area contributed by atoms with E-state index in [9.17, 15) is 9.59 Å². The summed E-state index contributed by atoms with van der Waals surface area (Å²) in [5.74, 6) is 0.0298. The second-order valence-electron chi connectivity index (χ2n) is 6.71. The number of anilines is 1. The lowest BCUT2D eigenvalue weighted by Gasteiger charge is -2.38. The standard InChI is InChI=1S/C22H20N4O3/c23-20(27)13-26-19-6-2-1-5-18(19)22(28)25-21(26)16-7-9-17(10-8-16)29-14-15-4-3-11-24-12-15/h1-12,21H,13-14H2,(H2,23,27)(H,25,28)/t21-/m1/s1. The number of hydrogen-bond acceptors (Lipinski definition) is 5. The molecule has 1 aliphatic heterocycles. The van der Waals surface area contributed by atoms with Gasteiger partial charge in [-0.25, -0.2) is 0 Å². The summed E-state index contributed by atoms with van der Waals surface area (Å²) in [7, 11) is 0. The summed E-state index contributed by atoms with van der Waals surface area (Å²) < 4.78 is 5.79. The minimum Gasteiger partial charge on any atom is -0.489 e. The number of aromatic nitrogens is 1. The maximum atomic E-state index is 12.5. The highest BCUT2D eigenvalue weighted by molar-refractivity contribution is 6.02. The van der Waals surface area contributed by atoms with Crippen molar-refractivity contribution in [3.05, 3.63) is 89.7 Å². The second-order valence-corrected chi connectivity index (χ2v) is 6.71. The van der Waals surface area contributed by atoms with E-state index in [4.69, 9.17) is 10.5 Å². The van der Waals surface area contributed by atoms with Gasteiger partial charge < -0.3 is 20.7 Å². The van der Waals surface area contributed by atoms with E-state index in [0.717, 1.165) is 11.1 Å². The molecule has 0 bridgehead atoms. The van der Waals surface area contributed by atoms with Gasteiger partial charge in [-0.3, -0.25) is 14.6 Å². The van der Waals surface area contributed by atoms with Gasteiger partial charge in [0.25, 0.3) is 5.91 Å². The number of carbonyl (C=O) groups is 2. The van der Waals surface area contributed by atoms with Gasteiger partial charge in [-0.2, -0.15) is 0 Å². The lowest BCUT2D eigenvalue weighted by atomic mass is 10.0. The lowest BCUT2D eigenvalue weighted by molar-refractivity contribution is -0.116. The zero-order chi connectivity index (χ0) is 20.2. The van der Waals surface area contributed by atoms with Gasteiger partial charge in [0.1, 0.15) is 18.5 Å². The number of nitrogens with one attached hydrogen (secondary N) is 1. The molecule has 0 radical (unpaired) electrons. The second kappa shape index (κ2) is 8.02. The van der Waals surface area contributed by atoms with E-state index < -0.39 is 12.1 Å². The van der Waals surface area contributed by atoms with Crippen molar-refractivity contribution in [3.8, 4) is 5.75 Å². The fourth-order valence-corrected chi connectivity index (χ4v) is 3.34. The maximum absolute atomic E-state index is 12.5. The quantitative estimate of drug-likeness (QED) is 0.676. The van der Waals surface area contributed by atoms with Gasteiger partial charge in [-0.05, 0) is 35.9 Å². The van der Waals surface area contributed by atoms with Crippen LogP contribution < -0.4 is 20.7 Å². The van der Waals surface area contributed by atoms with Crippen molar-refractivity contribution in [1.29, 1.82) is 0 Å². The van der Waals surface area contributed by atoms with E-state index >= 15 is 0 Å². The first kappa shape index (κ1) is 18.5. The zero-order valence-corrected chi connectivity index (χ0v) is 15.6. The van der Waals surface area contributed by atoms with Gasteiger partial charge >= 0.3 is 0 Å². The molecule has 2 aromatic carbocycles. The summed E-state index contributed by atoms with van der Waals surface area (Å²) in [5.41, 5.74) is 8.44. The summed E-state index contributed by atoms with van der Waals surface area (Å²) in [6, 6.07) is 18.4. The van der Waals surface area contributed by atoms with Crippen LogP contribution in [0.25, 0.3) is 0 Å². The molecule has 2 amide bonds. The van der Waals surface area contributed by atoms with Crippen LogP contribution in [0.3, 0.4) is 0 Å². The summed E-state index contributed by atoms with van der Waals surface area (Å²) in [4.78, 5) is 30.1. The first-order valence-electron chi connectivity index (χ1n) is 9.18. The molecule has 0 fully saturated rings. The summed E-state index contributed by atoms with van der Waals surface area (Å²) >= 11 is 0. The third-order valence-electron chi connectivity index (χ3n) is 4.69. The molecule has 3 aromatic rings. The Labute approximate surface area is 168 Å². The van der Waals surface area contributed by atoms with Crippen molar-refractivity contribution in [2.24, 2.45) is 5.73 Å². The number of amides is 2. The number of primary amides is 1. The summed E-state index contributed by atoms with van der Waals surface area (Å²) in [6.45, 7) is 0.399. The molecule has 1 aliphatic rings. The van der Waals surface area contributed by atoms with Gasteiger partial charge in [0.2, 0.25) is 5.91 Å². The van der Waals surface area contributed by atoms with Gasteiger partial charge in [0, 0.05) is 18.0 Å². The van der Waals surface area contributed by atoms with Crippen molar-refractivity contribution >= 4 is 17.5 Å². The molecule has 4 rings (SSSR count). The molecule has 0 unspecified atom stereocenters. The molecule has 0 saturated heterocycles. The van der Waals surface area contributed by atoms with Crippen molar-refractivity contribution in [3.63, 3.8) is 0 Å². The largest absolute Gasteiger partial charge is 0.489 e. The molecule has 3 N–H and O–H groups in total. The predicted molar refractivity (Wildman–Crippen MR) is 108 cm³/mol. The summed E-state index contributed by atoms with van der Waals surface area (Å²) in [6.07, 6.45) is 2.97. The number of hydrogen-bond donors (Lipinski definition) is 2. The van der Waals surface area contributed by atoms with Crippen LogP contribution >= 0.6 is 0 Å². The Balaban J connectivity index is 1.56. The van der Waals surface area contributed by atoms with Crippen LogP contribution in [0.5, 0.6) is 5.75 Å². The average Bonchev–Trinajstić information content (AvgIpc) is 2.75. The monoisotopic (exact) mass is 388 g/mol. The zero-order valence-electron chi connectivity index (χ0n) is 15.6. The van der Waals surface area contributed by atoms with Crippen LogP contribution in [-0.2, 0) is 11.4 Å². The molecule has 146 valence electrons. The van der Waals surface area contributed by atoms with E-state index in [-0.39, 0.29) is 12.5 Å². The van der Waals surface area contributed by atoms with Gasteiger partial charge in [0.15, 0.2) is 0 Å². The van der Waals surface area contributed by atoms with E-state index in [0.29, 0.717) is 23.6 Å². The number of benzene rings is 2. The van der Waals surface area contributed by atoms with Crippen molar-refractivity contribution in [1.82, 2.24) is 10.3 Å². The number of ether oxygens (including phenoxy) is 1. The van der Waals surface area contributed by atoms with Crippen LogP contribution in [0, 0.1) is 0 Å². The van der Waals surface area contributed by atoms with Crippen molar-refractivity contribution in [2.45, 2.75) is 12.8 Å². The minimum atomic E-state index is -0.503. The third-order valence-corrected chi connectivity index (χ3v) is 4.69. The van der Waals surface area contributed by atoms with E-state index in [1.54, 1.807) is 29.4 Å². The molecule has 1 atom stereocenters. The molecule has 7 heteroatoms.